The van der Waals surface area contributed by atoms with Crippen molar-refractivity contribution in [3.8, 4) is 0 Å². The summed E-state index contributed by atoms with van der Waals surface area (Å²) in [5.41, 5.74) is 0.948. The number of carbonyl (C=O) groups is 2. The van der Waals surface area contributed by atoms with Crippen LogP contribution in [-0.2, 0) is 19.6 Å². The molecular weight excluding hydrogens is 461 g/mol. The Hall–Kier alpha value is -2.72. The largest absolute Gasteiger partial charge is 0.493 e. The lowest BCUT2D eigenvalue weighted by atomic mass is 9.92. The number of amides is 1. The third kappa shape index (κ3) is 5.50. The number of hydrogen-bond acceptors (Lipinski definition) is 6. The van der Waals surface area contributed by atoms with Gasteiger partial charge >= 0.3 is 0 Å². The number of Topliss-reactive ketones (excluding diaryl/α,β-unsaturated/α-hetero) is 1. The van der Waals surface area contributed by atoms with Crippen LogP contribution in [0.4, 0.5) is 10.1 Å². The number of nitrogens with two attached hydrogens (primary N) is 1. The van der Waals surface area contributed by atoms with Crippen LogP contribution < -0.4 is 10.0 Å². The van der Waals surface area contributed by atoms with E-state index in [-0.39, 0.29) is 29.6 Å². The van der Waals surface area contributed by atoms with Crippen LogP contribution in [0.25, 0.3) is 0 Å². The zero-order chi connectivity index (χ0) is 25.3. The Morgan fingerprint density at radius 2 is 1.85 bits per heavy atom. The minimum absolute atomic E-state index is 0.0874. The van der Waals surface area contributed by atoms with Crippen LogP contribution in [0.3, 0.4) is 0 Å². The molecule has 2 N–H and O–H groups in total. The van der Waals surface area contributed by atoms with Gasteiger partial charge in [0.1, 0.15) is 16.3 Å². The number of halogens is 1. The number of carbonyl (C=O) groups excluding carboxylic acids is 2. The predicted molar refractivity (Wildman–Crippen MR) is 128 cm³/mol. The normalized spacial score (nSPS) is 21.3. The molecule has 1 aliphatic heterocycles. The maximum atomic E-state index is 14.6. The van der Waals surface area contributed by atoms with Gasteiger partial charge in [0.25, 0.3) is 5.91 Å². The monoisotopic (exact) mass is 493 g/mol. The number of piperazine rings is 1. The highest BCUT2D eigenvalue weighted by atomic mass is 32.2. The first-order valence-corrected chi connectivity index (χ1v) is 12.8. The van der Waals surface area contributed by atoms with Gasteiger partial charge in [-0.25, -0.2) is 17.9 Å². The van der Waals surface area contributed by atoms with Crippen molar-refractivity contribution in [3.05, 3.63) is 53.1 Å². The topological polar surface area (TPSA) is 110 Å². The summed E-state index contributed by atoms with van der Waals surface area (Å²) < 4.78 is 43.4. The highest BCUT2D eigenvalue weighted by molar-refractivity contribution is 7.90. The number of sulfonamides is 1. The maximum Gasteiger partial charge on any atom is 0.253 e. The summed E-state index contributed by atoms with van der Waals surface area (Å²) in [6.07, 6.45) is 2.90. The van der Waals surface area contributed by atoms with Crippen molar-refractivity contribution >= 4 is 27.4 Å². The molecule has 1 aromatic carbocycles. The number of benzene rings is 1. The molecule has 0 radical (unpaired) electrons. The van der Waals surface area contributed by atoms with Crippen molar-refractivity contribution < 1.29 is 27.1 Å². The number of ether oxygens (including phenoxy) is 1. The van der Waals surface area contributed by atoms with Crippen LogP contribution >= 0.6 is 0 Å². The minimum Gasteiger partial charge on any atom is -0.493 e. The van der Waals surface area contributed by atoms with E-state index in [0.29, 0.717) is 49.8 Å². The molecule has 0 spiro atoms. The Morgan fingerprint density at radius 1 is 1.21 bits per heavy atom. The molecule has 1 heterocycles. The quantitative estimate of drug-likeness (QED) is 0.585. The average Bonchev–Trinajstić information content (AvgIpc) is 2.77. The number of primary sulfonamides is 1. The van der Waals surface area contributed by atoms with E-state index < -0.39 is 20.6 Å². The number of ketones is 1. The lowest BCUT2D eigenvalue weighted by Crippen LogP contribution is -2.50. The second kappa shape index (κ2) is 9.87. The maximum absolute atomic E-state index is 14.6. The fourth-order valence-corrected chi connectivity index (χ4v) is 4.54. The van der Waals surface area contributed by atoms with Gasteiger partial charge in [0.05, 0.1) is 17.9 Å². The van der Waals surface area contributed by atoms with E-state index in [1.54, 1.807) is 17.0 Å². The summed E-state index contributed by atoms with van der Waals surface area (Å²) in [5.74, 6) is -0.437. The molecule has 1 aliphatic carbocycles. The van der Waals surface area contributed by atoms with Crippen molar-refractivity contribution in [3.63, 3.8) is 0 Å². The van der Waals surface area contributed by atoms with E-state index in [2.05, 4.69) is 0 Å². The summed E-state index contributed by atoms with van der Waals surface area (Å²) in [4.78, 5) is 28.4. The van der Waals surface area contributed by atoms with Crippen LogP contribution in [0.1, 0.15) is 44.5 Å². The van der Waals surface area contributed by atoms with Gasteiger partial charge in [0.2, 0.25) is 10.0 Å². The second-order valence-corrected chi connectivity index (χ2v) is 11.4. The molecule has 1 atom stereocenters. The van der Waals surface area contributed by atoms with Crippen molar-refractivity contribution in [1.82, 2.24) is 4.90 Å². The Bertz CT molecular complexity index is 1140. The summed E-state index contributed by atoms with van der Waals surface area (Å²) in [6.45, 7) is 8.62. The van der Waals surface area contributed by atoms with E-state index in [1.165, 1.54) is 32.1 Å². The van der Waals surface area contributed by atoms with Crippen molar-refractivity contribution in [2.24, 2.45) is 11.1 Å². The molecule has 0 bridgehead atoms. The third-order valence-electron chi connectivity index (χ3n) is 6.15. The summed E-state index contributed by atoms with van der Waals surface area (Å²) in [7, 11) is -3.96. The van der Waals surface area contributed by atoms with Crippen LogP contribution in [0.5, 0.6) is 0 Å². The molecule has 1 aromatic rings. The van der Waals surface area contributed by atoms with Gasteiger partial charge in [-0.05, 0) is 44.0 Å². The number of nitrogens with zero attached hydrogens (tertiary/aromatic N) is 2. The molecular formula is C24H32FN3O5S. The average molecular weight is 494 g/mol. The fraction of sp³-hybridized carbons (Fsp3) is 0.500. The lowest BCUT2D eigenvalue weighted by molar-refractivity contribution is -0.127. The molecule has 3 rings (SSSR count). The molecule has 1 saturated heterocycles. The van der Waals surface area contributed by atoms with Crippen molar-refractivity contribution in [1.29, 1.82) is 0 Å². The zero-order valence-corrected chi connectivity index (χ0v) is 20.8. The van der Waals surface area contributed by atoms with Gasteiger partial charge in [-0.15, -0.1) is 0 Å². The molecule has 1 unspecified atom stereocenters. The van der Waals surface area contributed by atoms with E-state index in [1.807, 2.05) is 18.7 Å². The van der Waals surface area contributed by atoms with Crippen molar-refractivity contribution in [2.75, 3.05) is 37.7 Å². The molecule has 1 fully saturated rings. The Labute approximate surface area is 200 Å². The van der Waals surface area contributed by atoms with Crippen LogP contribution in [0.2, 0.25) is 0 Å². The summed E-state index contributed by atoms with van der Waals surface area (Å²) in [6, 6.07) is 4.39. The third-order valence-corrected chi connectivity index (χ3v) is 7.73. The highest BCUT2D eigenvalue weighted by Crippen LogP contribution is 2.34. The SMILES string of the molecule is CC(=O)c1ccc(N2CCN(C(=O)C3=C(OCC(C)C)C=CC(C)(S(N)(=O)=O)C3)CC2)c(F)c1. The molecule has 10 heteroatoms. The Morgan fingerprint density at radius 3 is 2.38 bits per heavy atom. The molecule has 186 valence electrons. The lowest BCUT2D eigenvalue weighted by Gasteiger charge is -2.38. The summed E-state index contributed by atoms with van der Waals surface area (Å²) in [5, 5.41) is 5.45. The zero-order valence-electron chi connectivity index (χ0n) is 20.0. The first-order chi connectivity index (χ1) is 15.8. The van der Waals surface area contributed by atoms with Crippen molar-refractivity contribution in [2.45, 2.75) is 38.9 Å². The number of rotatable bonds is 7. The molecule has 1 amide bonds. The fourth-order valence-electron chi connectivity index (χ4n) is 3.94. The second-order valence-electron chi connectivity index (χ2n) is 9.42. The van der Waals surface area contributed by atoms with Crippen LogP contribution in [0, 0.1) is 11.7 Å². The molecule has 0 aromatic heterocycles. The molecule has 0 saturated carbocycles. The van der Waals surface area contributed by atoms with Gasteiger partial charge in [-0.3, -0.25) is 9.59 Å². The Balaban J connectivity index is 1.78. The van der Waals surface area contributed by atoms with E-state index in [0.717, 1.165) is 0 Å². The molecule has 34 heavy (non-hydrogen) atoms. The minimum atomic E-state index is -3.96. The van der Waals surface area contributed by atoms with E-state index in [9.17, 15) is 22.4 Å². The summed E-state index contributed by atoms with van der Waals surface area (Å²) >= 11 is 0. The predicted octanol–water partition coefficient (Wildman–Crippen LogP) is 2.61. The van der Waals surface area contributed by atoms with E-state index in [4.69, 9.17) is 9.88 Å². The smallest absolute Gasteiger partial charge is 0.253 e. The molecule has 8 nitrogen and oxygen atoms in total. The van der Waals surface area contributed by atoms with Crippen LogP contribution in [0.15, 0.2) is 41.7 Å². The van der Waals surface area contributed by atoms with Gasteiger partial charge < -0.3 is 14.5 Å². The van der Waals surface area contributed by atoms with Gasteiger partial charge in [0.15, 0.2) is 5.78 Å². The van der Waals surface area contributed by atoms with Gasteiger partial charge in [0, 0.05) is 38.2 Å². The first-order valence-electron chi connectivity index (χ1n) is 11.2. The first kappa shape index (κ1) is 25.9. The number of anilines is 1. The standard InChI is InChI=1S/C24H32FN3O5S/c1-16(2)15-33-22-7-8-24(4,34(26,31)32)14-19(22)23(30)28-11-9-27(10-12-28)21-6-5-18(17(3)29)13-20(21)25/h5-8,13,16H,9-12,14-15H2,1-4H3,(H2,26,31,32). The number of hydrogen-bond donors (Lipinski definition) is 1. The van der Waals surface area contributed by atoms with Gasteiger partial charge in [-0.2, -0.15) is 0 Å². The van der Waals surface area contributed by atoms with Gasteiger partial charge in [-0.1, -0.05) is 19.9 Å². The molecule has 2 aliphatic rings. The Kier molecular flexibility index (Phi) is 7.52. The highest BCUT2D eigenvalue weighted by Gasteiger charge is 2.41. The van der Waals surface area contributed by atoms with E-state index >= 15 is 0 Å². The number of allylic oxidation sites excluding steroid dienone is 1. The van der Waals surface area contributed by atoms with Crippen LogP contribution in [-0.4, -0.2) is 62.5 Å².